The molecule has 2 N–H and O–H groups in total. The Morgan fingerprint density at radius 2 is 2.14 bits per heavy atom. The van der Waals surface area contributed by atoms with Crippen LogP contribution in [-0.4, -0.2) is 16.0 Å². The monoisotopic (exact) mass is 313 g/mol. The van der Waals surface area contributed by atoms with Gasteiger partial charge in [-0.05, 0) is 35.1 Å². The summed E-state index contributed by atoms with van der Waals surface area (Å²) < 4.78 is 0. The van der Waals surface area contributed by atoms with Crippen molar-refractivity contribution >= 4 is 33.8 Å². The molecule has 0 fully saturated rings. The van der Waals surface area contributed by atoms with E-state index in [4.69, 9.17) is 0 Å². The van der Waals surface area contributed by atoms with Gasteiger partial charge in [-0.3, -0.25) is 4.79 Å². The van der Waals surface area contributed by atoms with E-state index >= 15 is 0 Å². The average Bonchev–Trinajstić information content (AvgIpc) is 3.11. The van der Waals surface area contributed by atoms with E-state index in [0.29, 0.717) is 16.5 Å². The zero-order valence-corrected chi connectivity index (χ0v) is 13.0. The number of thiophene rings is 1. The lowest BCUT2D eigenvalue weighted by Crippen LogP contribution is -1.87. The Balaban J connectivity index is 2.00. The zero-order chi connectivity index (χ0) is 15.7. The van der Waals surface area contributed by atoms with Gasteiger partial charge in [-0.15, -0.1) is 21.6 Å². The Morgan fingerprint density at radius 3 is 2.82 bits per heavy atom. The number of nitrogens with zero attached hydrogens (tertiary/aromatic N) is 2. The third kappa shape index (κ3) is 2.65. The summed E-state index contributed by atoms with van der Waals surface area (Å²) in [7, 11) is 0. The smallest absolute Gasteiger partial charge is 0.305 e. The molecule has 0 radical (unpaired) electrons. The van der Waals surface area contributed by atoms with Gasteiger partial charge >= 0.3 is 5.91 Å². The highest BCUT2D eigenvalue weighted by molar-refractivity contribution is 7.12. The highest BCUT2D eigenvalue weighted by Gasteiger charge is 2.13. The van der Waals surface area contributed by atoms with Gasteiger partial charge in [0.15, 0.2) is 5.69 Å². The van der Waals surface area contributed by atoms with Crippen LogP contribution >= 0.6 is 11.3 Å². The van der Waals surface area contributed by atoms with Crippen molar-refractivity contribution in [2.75, 3.05) is 0 Å². The number of rotatable bonds is 3. The maximum atomic E-state index is 11.9. The van der Waals surface area contributed by atoms with Crippen LogP contribution in [0.1, 0.15) is 35.0 Å². The third-order valence-corrected chi connectivity index (χ3v) is 4.27. The van der Waals surface area contributed by atoms with Crippen LogP contribution in [0.15, 0.2) is 45.9 Å². The summed E-state index contributed by atoms with van der Waals surface area (Å²) in [6.45, 7) is 4.18. The zero-order valence-electron chi connectivity index (χ0n) is 12.2. The number of hydrogen-bond donors (Lipinski definition) is 2. The Labute approximate surface area is 131 Å². The Kier molecular flexibility index (Phi) is 3.77. The number of aromatic nitrogens is 1. The minimum atomic E-state index is -0.413. The van der Waals surface area contributed by atoms with E-state index in [1.165, 1.54) is 11.3 Å². The summed E-state index contributed by atoms with van der Waals surface area (Å²) >= 11 is 1.31. The van der Waals surface area contributed by atoms with Crippen LogP contribution in [0.4, 0.5) is 5.69 Å². The van der Waals surface area contributed by atoms with Crippen molar-refractivity contribution in [2.45, 2.75) is 19.8 Å². The fraction of sp³-hybridized carbons (Fsp3) is 0.188. The number of azo groups is 1. The summed E-state index contributed by atoms with van der Waals surface area (Å²) in [5.74, 6) is -0.138. The molecular formula is C16H15N3O2S. The lowest BCUT2D eigenvalue weighted by molar-refractivity contribution is 0.0999. The quantitative estimate of drug-likeness (QED) is 0.669. The molecule has 0 atom stereocenters. The van der Waals surface area contributed by atoms with Crippen LogP contribution in [0.5, 0.6) is 5.88 Å². The first-order chi connectivity index (χ1) is 10.6. The molecule has 1 aromatic carbocycles. The van der Waals surface area contributed by atoms with Crippen molar-refractivity contribution in [3.8, 4) is 5.88 Å². The third-order valence-electron chi connectivity index (χ3n) is 3.42. The molecule has 2 heterocycles. The van der Waals surface area contributed by atoms with E-state index in [2.05, 4.69) is 29.1 Å². The second kappa shape index (κ2) is 5.73. The van der Waals surface area contributed by atoms with E-state index in [9.17, 15) is 9.90 Å². The number of hydrogen-bond acceptors (Lipinski definition) is 4. The van der Waals surface area contributed by atoms with Crippen LogP contribution in [0.3, 0.4) is 0 Å². The number of aromatic amines is 1. The molecule has 2 aromatic heterocycles. The normalized spacial score (nSPS) is 11.8. The molecule has 0 aliphatic rings. The SMILES string of the molecule is CC(C)c1ccc2[nH]c(O)c(N=NC(=O)c3cccs3)c2c1. The Morgan fingerprint density at radius 1 is 1.32 bits per heavy atom. The van der Waals surface area contributed by atoms with Crippen molar-refractivity contribution in [1.82, 2.24) is 4.98 Å². The average molecular weight is 313 g/mol. The lowest BCUT2D eigenvalue weighted by atomic mass is 10.0. The molecule has 5 nitrogen and oxygen atoms in total. The van der Waals surface area contributed by atoms with Crippen molar-refractivity contribution in [3.05, 3.63) is 46.2 Å². The first kappa shape index (κ1) is 14.5. The van der Waals surface area contributed by atoms with Gasteiger partial charge in [-0.2, -0.15) is 0 Å². The number of H-pyrrole nitrogens is 1. The van der Waals surface area contributed by atoms with Gasteiger partial charge in [0.05, 0.1) is 10.4 Å². The number of nitrogens with one attached hydrogen (secondary N) is 1. The van der Waals surface area contributed by atoms with Gasteiger partial charge in [0, 0.05) is 5.39 Å². The molecule has 1 amide bonds. The van der Waals surface area contributed by atoms with Gasteiger partial charge in [0.25, 0.3) is 0 Å². The summed E-state index contributed by atoms with van der Waals surface area (Å²) in [4.78, 5) is 15.2. The molecule has 0 spiro atoms. The molecule has 0 aliphatic carbocycles. The maximum Gasteiger partial charge on any atom is 0.305 e. The summed E-state index contributed by atoms with van der Waals surface area (Å²) in [6, 6.07) is 9.33. The summed E-state index contributed by atoms with van der Waals surface area (Å²) in [5, 5.41) is 20.2. The van der Waals surface area contributed by atoms with E-state index in [1.54, 1.807) is 17.5 Å². The second-order valence-corrected chi connectivity index (χ2v) is 6.21. The molecule has 0 bridgehead atoms. The second-order valence-electron chi connectivity index (χ2n) is 5.26. The minimum Gasteiger partial charge on any atom is -0.493 e. The number of carbonyl (C=O) groups is 1. The van der Waals surface area contributed by atoms with Crippen molar-refractivity contribution in [3.63, 3.8) is 0 Å². The molecule has 6 heteroatoms. The molecule has 22 heavy (non-hydrogen) atoms. The highest BCUT2D eigenvalue weighted by atomic mass is 32.1. The molecular weight excluding hydrogens is 298 g/mol. The Hall–Kier alpha value is -2.47. The van der Waals surface area contributed by atoms with Crippen molar-refractivity contribution in [1.29, 1.82) is 0 Å². The van der Waals surface area contributed by atoms with Crippen LogP contribution in [0.25, 0.3) is 10.9 Å². The first-order valence-electron chi connectivity index (χ1n) is 6.90. The van der Waals surface area contributed by atoms with E-state index in [1.807, 2.05) is 18.2 Å². The topological polar surface area (TPSA) is 77.8 Å². The van der Waals surface area contributed by atoms with Gasteiger partial charge in [0.2, 0.25) is 5.88 Å². The van der Waals surface area contributed by atoms with E-state index < -0.39 is 5.91 Å². The standard InChI is InChI=1S/C16H15N3O2S/c1-9(2)10-5-6-12-11(8-10)14(16(21)17-12)18-19-15(20)13-4-3-7-22-13/h3-9,17,21H,1-2H3. The van der Waals surface area contributed by atoms with Gasteiger partial charge < -0.3 is 10.1 Å². The first-order valence-corrected chi connectivity index (χ1v) is 7.78. The van der Waals surface area contributed by atoms with Gasteiger partial charge in [-0.25, -0.2) is 0 Å². The van der Waals surface area contributed by atoms with Crippen LogP contribution in [0.2, 0.25) is 0 Å². The van der Waals surface area contributed by atoms with Crippen LogP contribution < -0.4 is 0 Å². The fourth-order valence-corrected chi connectivity index (χ4v) is 2.79. The molecule has 0 unspecified atom stereocenters. The summed E-state index contributed by atoms with van der Waals surface area (Å²) in [5.41, 5.74) is 2.19. The predicted molar refractivity (Wildman–Crippen MR) is 87.2 cm³/mol. The van der Waals surface area contributed by atoms with Crippen LogP contribution in [-0.2, 0) is 0 Å². The molecule has 3 aromatic rings. The maximum absolute atomic E-state index is 11.9. The lowest BCUT2D eigenvalue weighted by Gasteiger charge is -2.04. The number of aromatic hydroxyl groups is 1. The van der Waals surface area contributed by atoms with Gasteiger partial charge in [-0.1, -0.05) is 26.0 Å². The van der Waals surface area contributed by atoms with E-state index in [-0.39, 0.29) is 5.88 Å². The molecule has 0 aliphatic heterocycles. The largest absolute Gasteiger partial charge is 0.493 e. The van der Waals surface area contributed by atoms with Crippen molar-refractivity contribution in [2.24, 2.45) is 10.2 Å². The number of benzene rings is 1. The molecule has 3 rings (SSSR count). The number of carbonyl (C=O) groups excluding carboxylic acids is 1. The number of amides is 1. The molecule has 0 saturated heterocycles. The van der Waals surface area contributed by atoms with E-state index in [0.717, 1.165) is 16.5 Å². The number of fused-ring (bicyclic) bond motifs is 1. The molecule has 112 valence electrons. The minimum absolute atomic E-state index is 0.0846. The van der Waals surface area contributed by atoms with Crippen LogP contribution in [0, 0.1) is 0 Å². The molecule has 0 saturated carbocycles. The Bertz CT molecular complexity index is 848. The van der Waals surface area contributed by atoms with Gasteiger partial charge in [0.1, 0.15) is 0 Å². The predicted octanol–water partition coefficient (Wildman–Crippen LogP) is 4.98. The van der Waals surface area contributed by atoms with Crippen molar-refractivity contribution < 1.29 is 9.90 Å². The fourth-order valence-electron chi connectivity index (χ4n) is 2.19. The highest BCUT2D eigenvalue weighted by Crippen LogP contribution is 2.37. The summed E-state index contributed by atoms with van der Waals surface area (Å²) in [6.07, 6.45) is 0.